The Morgan fingerprint density at radius 3 is 2.76 bits per heavy atom. The highest BCUT2D eigenvalue weighted by molar-refractivity contribution is 6.28. The van der Waals surface area contributed by atoms with E-state index in [1.165, 1.54) is 6.07 Å². The van der Waals surface area contributed by atoms with E-state index in [0.29, 0.717) is 23.5 Å². The molecule has 0 unspecified atom stereocenters. The third-order valence-corrected chi connectivity index (χ3v) is 4.22. The molecule has 0 bridgehead atoms. The van der Waals surface area contributed by atoms with Crippen molar-refractivity contribution < 1.29 is 18.7 Å². The van der Waals surface area contributed by atoms with Gasteiger partial charge in [-0.25, -0.2) is 4.39 Å². The van der Waals surface area contributed by atoms with Crippen LogP contribution in [0.2, 0.25) is 0 Å². The molecule has 0 saturated heterocycles. The van der Waals surface area contributed by atoms with E-state index in [2.05, 4.69) is 10.3 Å². The van der Waals surface area contributed by atoms with Gasteiger partial charge in [-0.1, -0.05) is 12.1 Å². The maximum atomic E-state index is 13.8. The van der Waals surface area contributed by atoms with Crippen LogP contribution in [-0.4, -0.2) is 56.1 Å². The van der Waals surface area contributed by atoms with E-state index in [9.17, 15) is 14.0 Å². The van der Waals surface area contributed by atoms with Gasteiger partial charge >= 0.3 is 0 Å². The first-order valence-corrected chi connectivity index (χ1v) is 8.05. The van der Waals surface area contributed by atoms with E-state index in [-0.39, 0.29) is 18.1 Å². The van der Waals surface area contributed by atoms with Crippen molar-refractivity contribution in [1.29, 1.82) is 0 Å². The van der Waals surface area contributed by atoms with Gasteiger partial charge in [-0.3, -0.25) is 14.6 Å². The van der Waals surface area contributed by atoms with Crippen LogP contribution in [0.3, 0.4) is 0 Å². The number of ketones is 2. The number of amidine groups is 1. The average Bonchev–Trinajstić information content (AvgIpc) is 2.81. The van der Waals surface area contributed by atoms with Gasteiger partial charge in [-0.2, -0.15) is 0 Å². The molecule has 3 rings (SSSR count). The van der Waals surface area contributed by atoms with Crippen LogP contribution in [0.5, 0.6) is 0 Å². The molecule has 7 heteroatoms. The molecule has 1 aliphatic heterocycles. The Kier molecular flexibility index (Phi) is 4.67. The quantitative estimate of drug-likeness (QED) is 0.830. The van der Waals surface area contributed by atoms with Gasteiger partial charge in [0.25, 0.3) is 0 Å². The van der Waals surface area contributed by atoms with Gasteiger partial charge in [0.2, 0.25) is 5.78 Å². The van der Waals surface area contributed by atoms with Crippen LogP contribution in [0, 0.1) is 12.7 Å². The number of benzene rings is 1. The van der Waals surface area contributed by atoms with Gasteiger partial charge < -0.3 is 15.0 Å². The van der Waals surface area contributed by atoms with Crippen LogP contribution in [-0.2, 0) is 14.3 Å². The van der Waals surface area contributed by atoms with E-state index >= 15 is 0 Å². The Hall–Kier alpha value is -2.54. The lowest BCUT2D eigenvalue weighted by atomic mass is 9.93. The minimum atomic E-state index is -1.06. The molecular formula is C18H20FN3O3. The molecule has 1 heterocycles. The summed E-state index contributed by atoms with van der Waals surface area (Å²) in [7, 11) is 3.88. The average molecular weight is 345 g/mol. The van der Waals surface area contributed by atoms with Crippen LogP contribution in [0.1, 0.15) is 17.0 Å². The van der Waals surface area contributed by atoms with Crippen LogP contribution < -0.4 is 5.32 Å². The van der Waals surface area contributed by atoms with Gasteiger partial charge in [0.15, 0.2) is 11.5 Å². The zero-order valence-corrected chi connectivity index (χ0v) is 14.4. The summed E-state index contributed by atoms with van der Waals surface area (Å²) in [4.78, 5) is 31.6. The molecule has 0 radical (unpaired) electrons. The first kappa shape index (κ1) is 17.3. The summed E-state index contributed by atoms with van der Waals surface area (Å²) in [5, 5.41) is 2.92. The number of ether oxygens (including phenoxy) is 1. The maximum Gasteiger partial charge on any atom is 0.214 e. The number of allylic oxidation sites excluding steroid dienone is 2. The highest BCUT2D eigenvalue weighted by Gasteiger charge is 2.45. The minimum Gasteiger partial charge on any atom is -0.480 e. The van der Waals surface area contributed by atoms with E-state index in [1.54, 1.807) is 19.1 Å². The first-order chi connectivity index (χ1) is 11.9. The van der Waals surface area contributed by atoms with Crippen LogP contribution >= 0.6 is 0 Å². The summed E-state index contributed by atoms with van der Waals surface area (Å²) < 4.78 is 19.3. The predicted molar refractivity (Wildman–Crippen MR) is 90.9 cm³/mol. The van der Waals surface area contributed by atoms with E-state index in [0.717, 1.165) is 6.54 Å². The first-order valence-electron chi connectivity index (χ1n) is 8.05. The van der Waals surface area contributed by atoms with Crippen molar-refractivity contribution in [1.82, 2.24) is 10.2 Å². The standard InChI is InChI=1S/C18H20FN3O3/c1-10-4-5-11(8-12(10)19)14-16(23)15-18(17(14)24)25-9-13(21-15)20-6-7-22(2)3/h4-5,8,14H,6-7,9H2,1-3H3,(H,20,21)/t14-/m1/s1. The molecule has 1 aromatic carbocycles. The fourth-order valence-electron chi connectivity index (χ4n) is 2.77. The lowest BCUT2D eigenvalue weighted by Crippen LogP contribution is -2.35. The van der Waals surface area contributed by atoms with Crippen molar-refractivity contribution in [2.45, 2.75) is 12.8 Å². The second kappa shape index (κ2) is 6.76. The lowest BCUT2D eigenvalue weighted by Gasteiger charge is -2.18. The number of halogens is 1. The number of carbonyl (C=O) groups is 2. The predicted octanol–water partition coefficient (Wildman–Crippen LogP) is 1.16. The Labute approximate surface area is 145 Å². The normalized spacial score (nSPS) is 21.6. The maximum absolute atomic E-state index is 13.8. The molecule has 1 aromatic rings. The molecule has 0 spiro atoms. The molecule has 1 atom stereocenters. The van der Waals surface area contributed by atoms with E-state index < -0.39 is 23.3 Å². The zero-order chi connectivity index (χ0) is 18.1. The van der Waals surface area contributed by atoms with Gasteiger partial charge in [-0.05, 0) is 38.2 Å². The highest BCUT2D eigenvalue weighted by atomic mass is 19.1. The van der Waals surface area contributed by atoms with Crippen LogP contribution in [0.15, 0.2) is 34.6 Å². The van der Waals surface area contributed by atoms with Gasteiger partial charge in [0.1, 0.15) is 29.9 Å². The van der Waals surface area contributed by atoms with E-state index in [1.807, 2.05) is 19.0 Å². The van der Waals surface area contributed by atoms with Crippen molar-refractivity contribution in [3.63, 3.8) is 0 Å². The van der Waals surface area contributed by atoms with Crippen molar-refractivity contribution >= 4 is 17.4 Å². The number of Topliss-reactive ketones (excluding diaryl/α,β-unsaturated/α-hetero) is 2. The van der Waals surface area contributed by atoms with Crippen LogP contribution in [0.25, 0.3) is 0 Å². The summed E-state index contributed by atoms with van der Waals surface area (Å²) in [6.45, 7) is 3.05. The van der Waals surface area contributed by atoms with Gasteiger partial charge in [-0.15, -0.1) is 0 Å². The fourth-order valence-corrected chi connectivity index (χ4v) is 2.77. The Bertz CT molecular complexity index is 799. The molecule has 1 N–H and O–H groups in total. The van der Waals surface area contributed by atoms with Crippen molar-refractivity contribution in [3.8, 4) is 0 Å². The molecule has 6 nitrogen and oxygen atoms in total. The summed E-state index contributed by atoms with van der Waals surface area (Å²) in [5.74, 6) is -1.83. The molecule has 132 valence electrons. The Balaban J connectivity index is 1.81. The molecular weight excluding hydrogens is 325 g/mol. The number of aliphatic imine (C=N–C) groups is 1. The fraction of sp³-hybridized carbons (Fsp3) is 0.389. The third kappa shape index (κ3) is 3.32. The number of aryl methyl sites for hydroxylation is 1. The second-order valence-corrected chi connectivity index (χ2v) is 6.42. The number of nitrogens with one attached hydrogen (secondary N) is 1. The number of likely N-dealkylation sites (N-methyl/N-ethyl adjacent to an activating group) is 1. The Morgan fingerprint density at radius 2 is 2.08 bits per heavy atom. The molecule has 0 fully saturated rings. The molecule has 0 aromatic heterocycles. The number of hydrogen-bond donors (Lipinski definition) is 1. The van der Waals surface area contributed by atoms with Crippen molar-refractivity contribution in [2.24, 2.45) is 4.99 Å². The smallest absolute Gasteiger partial charge is 0.214 e. The SMILES string of the molecule is Cc1ccc([C@@H]2C(=O)C3=C(OCC(=NCCN(C)C)N3)C2=O)cc1F. The molecule has 2 aliphatic rings. The zero-order valence-electron chi connectivity index (χ0n) is 14.4. The molecule has 0 amide bonds. The largest absolute Gasteiger partial charge is 0.480 e. The van der Waals surface area contributed by atoms with Gasteiger partial charge in [0, 0.05) is 6.54 Å². The van der Waals surface area contributed by atoms with Gasteiger partial charge in [0.05, 0.1) is 6.54 Å². The third-order valence-electron chi connectivity index (χ3n) is 4.22. The van der Waals surface area contributed by atoms with Crippen molar-refractivity contribution in [3.05, 3.63) is 46.6 Å². The number of hydrogen-bond acceptors (Lipinski definition) is 5. The monoisotopic (exact) mass is 345 g/mol. The molecule has 25 heavy (non-hydrogen) atoms. The minimum absolute atomic E-state index is 0.0162. The number of nitrogens with zero attached hydrogens (tertiary/aromatic N) is 2. The topological polar surface area (TPSA) is 71.0 Å². The summed E-state index contributed by atoms with van der Waals surface area (Å²) in [5.41, 5.74) is 0.916. The number of carbonyl (C=O) groups excluding carboxylic acids is 2. The van der Waals surface area contributed by atoms with E-state index in [4.69, 9.17) is 4.74 Å². The lowest BCUT2D eigenvalue weighted by molar-refractivity contribution is -0.124. The Morgan fingerprint density at radius 1 is 1.32 bits per heavy atom. The second-order valence-electron chi connectivity index (χ2n) is 6.42. The summed E-state index contributed by atoms with van der Waals surface area (Å²) >= 11 is 0. The number of rotatable bonds is 4. The summed E-state index contributed by atoms with van der Waals surface area (Å²) in [6.07, 6.45) is 0. The molecule has 0 saturated carbocycles. The molecule has 1 aliphatic carbocycles. The van der Waals surface area contributed by atoms with Crippen molar-refractivity contribution in [2.75, 3.05) is 33.8 Å². The van der Waals surface area contributed by atoms with Crippen LogP contribution in [0.4, 0.5) is 4.39 Å². The summed E-state index contributed by atoms with van der Waals surface area (Å²) in [6, 6.07) is 4.40. The highest BCUT2D eigenvalue weighted by Crippen LogP contribution is 2.34.